The van der Waals surface area contributed by atoms with Crippen molar-refractivity contribution >= 4 is 34.8 Å². The van der Waals surface area contributed by atoms with E-state index in [-0.39, 0.29) is 18.7 Å². The van der Waals surface area contributed by atoms with Crippen LogP contribution in [0, 0.1) is 0 Å². The van der Waals surface area contributed by atoms with E-state index in [1.807, 2.05) is 37.1 Å². The molecule has 7 heteroatoms. The van der Waals surface area contributed by atoms with Gasteiger partial charge in [-0.1, -0.05) is 29.3 Å². The molecule has 2 aromatic carbocycles. The van der Waals surface area contributed by atoms with Crippen LogP contribution in [0.5, 0.6) is 11.5 Å². The number of rotatable bonds is 5. The summed E-state index contributed by atoms with van der Waals surface area (Å²) in [6, 6.07) is 10.4. The highest BCUT2D eigenvalue weighted by Gasteiger charge is 2.20. The van der Waals surface area contributed by atoms with Gasteiger partial charge in [0, 0.05) is 11.6 Å². The van der Waals surface area contributed by atoms with Crippen LogP contribution in [0.3, 0.4) is 0 Å². The van der Waals surface area contributed by atoms with Crippen LogP contribution in [-0.4, -0.2) is 30.7 Å². The zero-order chi connectivity index (χ0) is 18.0. The minimum atomic E-state index is -0.350. The number of nitrogens with zero attached hydrogens (tertiary/aromatic N) is 1. The summed E-state index contributed by atoms with van der Waals surface area (Å²) in [5.41, 5.74) is 1.58. The SMILES string of the molecule is C[C@@H](C(=O)Nc1ccc(Cl)cc1Cl)N(C)Cc1ccc2c(c1)OCO2. The maximum Gasteiger partial charge on any atom is 0.241 e. The van der Waals surface area contributed by atoms with Crippen molar-refractivity contribution in [3.63, 3.8) is 0 Å². The van der Waals surface area contributed by atoms with Crippen molar-refractivity contribution in [2.45, 2.75) is 19.5 Å². The molecule has 1 aliphatic rings. The Morgan fingerprint density at radius 1 is 1.20 bits per heavy atom. The number of nitrogens with one attached hydrogen (secondary N) is 1. The summed E-state index contributed by atoms with van der Waals surface area (Å²) in [5.74, 6) is 1.33. The second kappa shape index (κ2) is 7.52. The predicted octanol–water partition coefficient (Wildman–Crippen LogP) is 4.18. The third-order valence-electron chi connectivity index (χ3n) is 4.10. The lowest BCUT2D eigenvalue weighted by atomic mass is 10.1. The van der Waals surface area contributed by atoms with Crippen molar-refractivity contribution in [1.29, 1.82) is 0 Å². The molecule has 25 heavy (non-hydrogen) atoms. The molecule has 1 N–H and O–H groups in total. The molecule has 0 saturated carbocycles. The van der Waals surface area contributed by atoms with E-state index in [1.54, 1.807) is 18.2 Å². The topological polar surface area (TPSA) is 50.8 Å². The highest BCUT2D eigenvalue weighted by Crippen LogP contribution is 2.33. The maximum absolute atomic E-state index is 12.5. The fourth-order valence-corrected chi connectivity index (χ4v) is 2.95. The van der Waals surface area contributed by atoms with Crippen LogP contribution in [0.2, 0.25) is 10.0 Å². The summed E-state index contributed by atoms with van der Waals surface area (Å²) in [4.78, 5) is 14.4. The van der Waals surface area contributed by atoms with E-state index in [0.29, 0.717) is 22.3 Å². The first-order chi connectivity index (χ1) is 11.9. The van der Waals surface area contributed by atoms with E-state index < -0.39 is 0 Å². The summed E-state index contributed by atoms with van der Waals surface area (Å²) in [5, 5.41) is 3.76. The van der Waals surface area contributed by atoms with Crippen LogP contribution >= 0.6 is 23.2 Å². The summed E-state index contributed by atoms with van der Waals surface area (Å²) in [6.45, 7) is 2.68. The lowest BCUT2D eigenvalue weighted by Gasteiger charge is -2.24. The average molecular weight is 381 g/mol. The quantitative estimate of drug-likeness (QED) is 0.844. The molecule has 0 aliphatic carbocycles. The van der Waals surface area contributed by atoms with Crippen molar-refractivity contribution in [3.8, 4) is 11.5 Å². The van der Waals surface area contributed by atoms with Crippen molar-refractivity contribution < 1.29 is 14.3 Å². The normalized spacial score (nSPS) is 13.8. The van der Waals surface area contributed by atoms with Gasteiger partial charge in [0.05, 0.1) is 16.8 Å². The Bertz CT molecular complexity index is 798. The first kappa shape index (κ1) is 17.9. The zero-order valence-corrected chi connectivity index (χ0v) is 15.4. The number of fused-ring (bicyclic) bond motifs is 1. The Morgan fingerprint density at radius 2 is 1.96 bits per heavy atom. The van der Waals surface area contributed by atoms with Gasteiger partial charge in [0.1, 0.15) is 0 Å². The second-order valence-corrected chi connectivity index (χ2v) is 6.74. The van der Waals surface area contributed by atoms with E-state index in [9.17, 15) is 4.79 Å². The van der Waals surface area contributed by atoms with Gasteiger partial charge in [-0.2, -0.15) is 0 Å². The van der Waals surface area contributed by atoms with Crippen LogP contribution < -0.4 is 14.8 Å². The van der Waals surface area contributed by atoms with Gasteiger partial charge in [-0.05, 0) is 49.9 Å². The summed E-state index contributed by atoms with van der Waals surface area (Å²) in [6.07, 6.45) is 0. The largest absolute Gasteiger partial charge is 0.454 e. The Morgan fingerprint density at radius 3 is 2.72 bits per heavy atom. The Labute approximate surface area is 156 Å². The van der Waals surface area contributed by atoms with Crippen molar-refractivity contribution in [1.82, 2.24) is 4.90 Å². The van der Waals surface area contributed by atoms with E-state index in [0.717, 1.165) is 17.1 Å². The van der Waals surface area contributed by atoms with Gasteiger partial charge in [0.2, 0.25) is 12.7 Å². The molecule has 0 aromatic heterocycles. The highest BCUT2D eigenvalue weighted by molar-refractivity contribution is 6.36. The fourth-order valence-electron chi connectivity index (χ4n) is 2.49. The first-order valence-corrected chi connectivity index (χ1v) is 8.54. The van der Waals surface area contributed by atoms with Gasteiger partial charge < -0.3 is 14.8 Å². The van der Waals surface area contributed by atoms with Gasteiger partial charge in [-0.15, -0.1) is 0 Å². The minimum absolute atomic E-state index is 0.146. The summed E-state index contributed by atoms with van der Waals surface area (Å²) in [7, 11) is 1.89. The Hall–Kier alpha value is -1.95. The van der Waals surface area contributed by atoms with Crippen molar-refractivity contribution in [3.05, 3.63) is 52.0 Å². The van der Waals surface area contributed by atoms with E-state index >= 15 is 0 Å². The monoisotopic (exact) mass is 380 g/mol. The van der Waals surface area contributed by atoms with Gasteiger partial charge in [0.25, 0.3) is 0 Å². The predicted molar refractivity (Wildman–Crippen MR) is 98.6 cm³/mol. The van der Waals surface area contributed by atoms with Gasteiger partial charge in [-0.3, -0.25) is 9.69 Å². The summed E-state index contributed by atoms with van der Waals surface area (Å²) < 4.78 is 10.7. The molecule has 1 aliphatic heterocycles. The molecule has 1 amide bonds. The smallest absolute Gasteiger partial charge is 0.241 e. The third-order valence-corrected chi connectivity index (χ3v) is 4.65. The molecule has 1 heterocycles. The van der Waals surface area contributed by atoms with Crippen molar-refractivity contribution in [2.75, 3.05) is 19.2 Å². The lowest BCUT2D eigenvalue weighted by molar-refractivity contribution is -0.120. The maximum atomic E-state index is 12.5. The first-order valence-electron chi connectivity index (χ1n) is 7.78. The molecule has 1 atom stereocenters. The van der Waals surface area contributed by atoms with Crippen LogP contribution in [0.15, 0.2) is 36.4 Å². The standard InChI is InChI=1S/C18H18Cl2N2O3/c1-11(18(23)21-15-5-4-13(19)8-14(15)20)22(2)9-12-3-6-16-17(7-12)25-10-24-16/h3-8,11H,9-10H2,1-2H3,(H,21,23)/t11-/m0/s1. The van der Waals surface area contributed by atoms with Crippen LogP contribution in [0.1, 0.15) is 12.5 Å². The van der Waals surface area contributed by atoms with Gasteiger partial charge in [-0.25, -0.2) is 0 Å². The molecule has 2 aromatic rings. The number of hydrogen-bond donors (Lipinski definition) is 1. The van der Waals surface area contributed by atoms with E-state index in [2.05, 4.69) is 5.32 Å². The number of halogens is 2. The molecule has 0 unspecified atom stereocenters. The fraction of sp³-hybridized carbons (Fsp3) is 0.278. The van der Waals surface area contributed by atoms with Gasteiger partial charge >= 0.3 is 0 Å². The number of benzene rings is 2. The number of carbonyl (C=O) groups excluding carboxylic acids is 1. The molecule has 132 valence electrons. The second-order valence-electron chi connectivity index (χ2n) is 5.89. The Balaban J connectivity index is 1.63. The third kappa shape index (κ3) is 4.18. The molecular weight excluding hydrogens is 363 g/mol. The van der Waals surface area contributed by atoms with E-state index in [4.69, 9.17) is 32.7 Å². The van der Waals surface area contributed by atoms with Crippen LogP contribution in [0.25, 0.3) is 0 Å². The van der Waals surface area contributed by atoms with Crippen molar-refractivity contribution in [2.24, 2.45) is 0 Å². The van der Waals surface area contributed by atoms with Crippen LogP contribution in [-0.2, 0) is 11.3 Å². The number of hydrogen-bond acceptors (Lipinski definition) is 4. The summed E-state index contributed by atoms with van der Waals surface area (Å²) >= 11 is 12.0. The van der Waals surface area contributed by atoms with Gasteiger partial charge in [0.15, 0.2) is 11.5 Å². The number of likely N-dealkylation sites (N-methyl/N-ethyl adjacent to an activating group) is 1. The average Bonchev–Trinajstić information content (AvgIpc) is 3.04. The molecule has 3 rings (SSSR count). The molecule has 0 radical (unpaired) electrons. The molecule has 0 bridgehead atoms. The lowest BCUT2D eigenvalue weighted by Crippen LogP contribution is -2.39. The molecular formula is C18H18Cl2N2O3. The molecule has 0 fully saturated rings. The molecule has 5 nitrogen and oxygen atoms in total. The molecule has 0 saturated heterocycles. The number of carbonyl (C=O) groups is 1. The number of ether oxygens (including phenoxy) is 2. The number of amides is 1. The Kier molecular flexibility index (Phi) is 5.37. The van der Waals surface area contributed by atoms with Crippen LogP contribution in [0.4, 0.5) is 5.69 Å². The minimum Gasteiger partial charge on any atom is -0.454 e. The number of anilines is 1. The highest BCUT2D eigenvalue weighted by atomic mass is 35.5. The molecule has 0 spiro atoms. The van der Waals surface area contributed by atoms with E-state index in [1.165, 1.54) is 0 Å². The zero-order valence-electron chi connectivity index (χ0n) is 13.9.